The molecule has 0 amide bonds. The van der Waals surface area contributed by atoms with Crippen LogP contribution >= 0.6 is 0 Å². The van der Waals surface area contributed by atoms with E-state index in [4.69, 9.17) is 5.11 Å². The van der Waals surface area contributed by atoms with Gasteiger partial charge in [-0.1, -0.05) is 83.5 Å². The first-order valence-corrected chi connectivity index (χ1v) is 11.5. The molecule has 0 saturated carbocycles. The molecule has 0 aliphatic heterocycles. The summed E-state index contributed by atoms with van der Waals surface area (Å²) in [6.45, 7) is 0. The van der Waals surface area contributed by atoms with Crippen LogP contribution in [0, 0.1) is 0 Å². The molecule has 2 N–H and O–H groups in total. The fraction of sp³-hybridized carbons (Fsp3) is 0.913. The summed E-state index contributed by atoms with van der Waals surface area (Å²) in [5.74, 6) is -1.35. The first kappa shape index (κ1) is 26.9. The van der Waals surface area contributed by atoms with Crippen LogP contribution in [0.5, 0.6) is 0 Å². The van der Waals surface area contributed by atoms with Crippen molar-refractivity contribution < 1.29 is 24.3 Å². The number of quaternary nitrogens is 1. The van der Waals surface area contributed by atoms with Crippen LogP contribution in [0.25, 0.3) is 0 Å². The molecule has 5 nitrogen and oxygen atoms in total. The van der Waals surface area contributed by atoms with E-state index in [2.05, 4.69) is 0 Å². The number of nitrogens with zero attached hydrogens (tertiary/aromatic N) is 1. The summed E-state index contributed by atoms with van der Waals surface area (Å²) >= 11 is 0. The van der Waals surface area contributed by atoms with Crippen LogP contribution in [0.3, 0.4) is 0 Å². The van der Waals surface area contributed by atoms with Crippen LogP contribution in [-0.4, -0.2) is 53.8 Å². The standard InChI is InChI=1S/C23H45NO4/c1-24(2,3)21(23(27)28)19-17-15-13-11-9-7-5-4-6-8-10-12-14-16-18-20-22(25)26/h21H,4-20H2,1-3H3,(H-,25,26,27,28)/p+1. The van der Waals surface area contributed by atoms with Gasteiger partial charge in [-0.3, -0.25) is 4.79 Å². The van der Waals surface area contributed by atoms with E-state index in [0.29, 0.717) is 10.9 Å². The van der Waals surface area contributed by atoms with Crippen molar-refractivity contribution in [3.05, 3.63) is 0 Å². The maximum absolute atomic E-state index is 11.3. The highest BCUT2D eigenvalue weighted by Crippen LogP contribution is 2.16. The Bertz CT molecular complexity index is 404. The van der Waals surface area contributed by atoms with Gasteiger partial charge in [0.15, 0.2) is 6.04 Å². The molecule has 0 saturated heterocycles. The summed E-state index contributed by atoms with van der Waals surface area (Å²) in [5.41, 5.74) is 0. The molecule has 0 heterocycles. The number of hydrogen-bond acceptors (Lipinski definition) is 2. The maximum Gasteiger partial charge on any atom is 0.362 e. The van der Waals surface area contributed by atoms with Gasteiger partial charge >= 0.3 is 11.9 Å². The van der Waals surface area contributed by atoms with Crippen molar-refractivity contribution in [2.75, 3.05) is 21.1 Å². The van der Waals surface area contributed by atoms with E-state index in [1.165, 1.54) is 70.6 Å². The van der Waals surface area contributed by atoms with Crippen LogP contribution in [0.2, 0.25) is 0 Å². The van der Waals surface area contributed by atoms with E-state index in [1.807, 2.05) is 21.1 Å². The molecule has 0 fully saturated rings. The average molecular weight is 401 g/mol. The van der Waals surface area contributed by atoms with E-state index < -0.39 is 11.9 Å². The lowest BCUT2D eigenvalue weighted by Crippen LogP contribution is -2.49. The summed E-state index contributed by atoms with van der Waals surface area (Å²) in [6, 6.07) is -0.287. The molecule has 1 unspecified atom stereocenters. The summed E-state index contributed by atoms with van der Waals surface area (Å²) in [5, 5.41) is 17.9. The van der Waals surface area contributed by atoms with Gasteiger partial charge in [-0.05, 0) is 12.8 Å². The lowest BCUT2D eigenvalue weighted by Gasteiger charge is -2.31. The van der Waals surface area contributed by atoms with Crippen LogP contribution in [0.15, 0.2) is 0 Å². The molecule has 5 heteroatoms. The third-order valence-corrected chi connectivity index (χ3v) is 5.59. The van der Waals surface area contributed by atoms with E-state index in [1.54, 1.807) is 0 Å². The molecule has 0 aromatic heterocycles. The summed E-state index contributed by atoms with van der Waals surface area (Å²) in [6.07, 6.45) is 19.3. The molecule has 0 spiro atoms. The smallest absolute Gasteiger partial charge is 0.362 e. The zero-order valence-electron chi connectivity index (χ0n) is 18.8. The Balaban J connectivity index is 3.30. The fourth-order valence-corrected chi connectivity index (χ4v) is 3.75. The second-order valence-electron chi connectivity index (χ2n) is 9.21. The minimum atomic E-state index is -0.675. The number of carbonyl (C=O) groups is 2. The van der Waals surface area contributed by atoms with E-state index >= 15 is 0 Å². The monoisotopic (exact) mass is 400 g/mol. The number of carboxylic acid groups (broad SMARTS) is 2. The summed E-state index contributed by atoms with van der Waals surface area (Å²) in [7, 11) is 5.88. The topological polar surface area (TPSA) is 74.6 Å². The molecule has 0 aliphatic rings. The summed E-state index contributed by atoms with van der Waals surface area (Å²) in [4.78, 5) is 21.7. The highest BCUT2D eigenvalue weighted by Gasteiger charge is 2.30. The number of likely N-dealkylation sites (N-methyl/N-ethyl adjacent to an activating group) is 1. The molecular formula is C23H46NO4+. The maximum atomic E-state index is 11.3. The molecule has 1 atom stereocenters. The second-order valence-corrected chi connectivity index (χ2v) is 9.21. The lowest BCUT2D eigenvalue weighted by molar-refractivity contribution is -0.887. The predicted octanol–water partition coefficient (Wildman–Crippen LogP) is 5.86. The minimum absolute atomic E-state index is 0.287. The quantitative estimate of drug-likeness (QED) is 0.198. The van der Waals surface area contributed by atoms with Gasteiger partial charge in [0.25, 0.3) is 0 Å². The van der Waals surface area contributed by atoms with E-state index in [0.717, 1.165) is 32.1 Å². The van der Waals surface area contributed by atoms with Gasteiger partial charge in [0.2, 0.25) is 0 Å². The SMILES string of the molecule is C[N+](C)(C)C(CCCCCCCCCCCCCCCCCC(=O)O)C(=O)O. The lowest BCUT2D eigenvalue weighted by atomic mass is 10.0. The van der Waals surface area contributed by atoms with Crippen molar-refractivity contribution in [1.82, 2.24) is 0 Å². The van der Waals surface area contributed by atoms with Crippen LogP contribution in [-0.2, 0) is 9.59 Å². The van der Waals surface area contributed by atoms with E-state index in [-0.39, 0.29) is 6.04 Å². The van der Waals surface area contributed by atoms with Gasteiger partial charge in [0, 0.05) is 12.8 Å². The Labute approximate surface area is 173 Å². The van der Waals surface area contributed by atoms with Gasteiger partial charge in [-0.2, -0.15) is 0 Å². The molecule has 0 aliphatic carbocycles. The van der Waals surface area contributed by atoms with E-state index in [9.17, 15) is 14.7 Å². The first-order valence-electron chi connectivity index (χ1n) is 11.5. The zero-order valence-corrected chi connectivity index (χ0v) is 18.8. The third-order valence-electron chi connectivity index (χ3n) is 5.59. The number of carboxylic acids is 2. The van der Waals surface area contributed by atoms with Crippen LogP contribution in [0.4, 0.5) is 0 Å². The highest BCUT2D eigenvalue weighted by atomic mass is 16.4. The molecule has 0 radical (unpaired) electrons. The van der Waals surface area contributed by atoms with Crippen molar-refractivity contribution in [2.24, 2.45) is 0 Å². The molecule has 166 valence electrons. The first-order chi connectivity index (χ1) is 13.2. The summed E-state index contributed by atoms with van der Waals surface area (Å²) < 4.78 is 0.500. The van der Waals surface area contributed by atoms with Crippen LogP contribution < -0.4 is 0 Å². The molecular weight excluding hydrogens is 354 g/mol. The third kappa shape index (κ3) is 17.0. The van der Waals surface area contributed by atoms with Gasteiger partial charge in [-0.15, -0.1) is 0 Å². The average Bonchev–Trinajstić information content (AvgIpc) is 2.59. The zero-order chi connectivity index (χ0) is 21.3. The van der Waals surface area contributed by atoms with Gasteiger partial charge in [0.1, 0.15) is 0 Å². The Morgan fingerprint density at radius 2 is 0.929 bits per heavy atom. The normalized spacial score (nSPS) is 12.8. The predicted molar refractivity (Wildman–Crippen MR) is 116 cm³/mol. The highest BCUT2D eigenvalue weighted by molar-refractivity contribution is 5.72. The number of hydrogen-bond donors (Lipinski definition) is 2. The van der Waals surface area contributed by atoms with Crippen molar-refractivity contribution in [3.8, 4) is 0 Å². The number of aliphatic carboxylic acids is 2. The van der Waals surface area contributed by atoms with Gasteiger partial charge in [0.05, 0.1) is 21.1 Å². The number of unbranched alkanes of at least 4 members (excludes halogenated alkanes) is 14. The molecule has 0 rings (SSSR count). The second kappa shape index (κ2) is 16.8. The Morgan fingerprint density at radius 3 is 1.21 bits per heavy atom. The van der Waals surface area contributed by atoms with Crippen LogP contribution in [0.1, 0.15) is 109 Å². The Kier molecular flexibility index (Phi) is 16.2. The van der Waals surface area contributed by atoms with Crippen molar-refractivity contribution in [3.63, 3.8) is 0 Å². The van der Waals surface area contributed by atoms with Crippen molar-refractivity contribution >= 4 is 11.9 Å². The van der Waals surface area contributed by atoms with Gasteiger partial charge in [-0.25, -0.2) is 4.79 Å². The largest absolute Gasteiger partial charge is 0.481 e. The molecule has 0 aromatic carbocycles. The molecule has 0 aromatic rings. The Morgan fingerprint density at radius 1 is 0.607 bits per heavy atom. The Hall–Kier alpha value is -1.10. The molecule has 0 bridgehead atoms. The number of rotatable bonds is 20. The minimum Gasteiger partial charge on any atom is -0.481 e. The molecule has 28 heavy (non-hydrogen) atoms. The van der Waals surface area contributed by atoms with Crippen molar-refractivity contribution in [1.29, 1.82) is 0 Å². The van der Waals surface area contributed by atoms with Crippen molar-refractivity contribution in [2.45, 2.75) is 115 Å². The van der Waals surface area contributed by atoms with Gasteiger partial charge < -0.3 is 14.7 Å². The fourth-order valence-electron chi connectivity index (χ4n) is 3.75.